The second-order valence-electron chi connectivity index (χ2n) is 5.31. The van der Waals surface area contributed by atoms with Gasteiger partial charge in [-0.3, -0.25) is 4.79 Å². The Morgan fingerprint density at radius 3 is 2.64 bits per heavy atom. The third kappa shape index (κ3) is 5.12. The van der Waals surface area contributed by atoms with Gasteiger partial charge in [-0.1, -0.05) is 25.6 Å². The first-order valence-corrected chi connectivity index (χ1v) is 9.07. The van der Waals surface area contributed by atoms with Gasteiger partial charge in [0.2, 0.25) is 5.91 Å². The lowest BCUT2D eigenvalue weighted by atomic mass is 10.2. The first kappa shape index (κ1) is 19.1. The van der Waals surface area contributed by atoms with Gasteiger partial charge in [0.15, 0.2) is 0 Å². The van der Waals surface area contributed by atoms with Crippen LogP contribution in [0.25, 0.3) is 11.5 Å². The molecule has 0 saturated carbocycles. The van der Waals surface area contributed by atoms with E-state index >= 15 is 0 Å². The van der Waals surface area contributed by atoms with E-state index in [0.29, 0.717) is 28.2 Å². The molecular formula is C17H23N3O4S. The maximum Gasteiger partial charge on any atom is 0.277 e. The van der Waals surface area contributed by atoms with Gasteiger partial charge >= 0.3 is 0 Å². The van der Waals surface area contributed by atoms with E-state index in [0.717, 1.165) is 12.8 Å². The topological polar surface area (TPSA) is 86.5 Å². The van der Waals surface area contributed by atoms with Crippen molar-refractivity contribution < 1.29 is 18.7 Å². The van der Waals surface area contributed by atoms with E-state index in [1.807, 2.05) is 13.8 Å². The van der Waals surface area contributed by atoms with Gasteiger partial charge < -0.3 is 19.2 Å². The van der Waals surface area contributed by atoms with Crippen molar-refractivity contribution in [2.75, 3.05) is 20.0 Å². The van der Waals surface area contributed by atoms with Crippen molar-refractivity contribution in [3.05, 3.63) is 18.2 Å². The Labute approximate surface area is 151 Å². The van der Waals surface area contributed by atoms with Gasteiger partial charge in [-0.25, -0.2) is 0 Å². The summed E-state index contributed by atoms with van der Waals surface area (Å²) < 4.78 is 16.1. The van der Waals surface area contributed by atoms with Crippen LogP contribution in [0.1, 0.15) is 26.7 Å². The molecule has 0 fully saturated rings. The van der Waals surface area contributed by atoms with Crippen LogP contribution < -0.4 is 14.8 Å². The molecule has 0 atom stereocenters. The molecule has 0 unspecified atom stereocenters. The van der Waals surface area contributed by atoms with E-state index in [9.17, 15) is 4.79 Å². The Balaban J connectivity index is 2.02. The zero-order valence-corrected chi connectivity index (χ0v) is 15.7. The number of hydrogen-bond acceptors (Lipinski definition) is 7. The van der Waals surface area contributed by atoms with Gasteiger partial charge in [-0.05, 0) is 25.0 Å². The minimum atomic E-state index is -0.0412. The Morgan fingerprint density at radius 1 is 1.24 bits per heavy atom. The largest absolute Gasteiger partial charge is 0.497 e. The lowest BCUT2D eigenvalue weighted by Gasteiger charge is -2.13. The molecule has 25 heavy (non-hydrogen) atoms. The van der Waals surface area contributed by atoms with E-state index in [1.165, 1.54) is 11.8 Å². The smallest absolute Gasteiger partial charge is 0.277 e. The van der Waals surface area contributed by atoms with Gasteiger partial charge in [0, 0.05) is 12.1 Å². The van der Waals surface area contributed by atoms with E-state index in [2.05, 4.69) is 15.5 Å². The molecule has 1 heterocycles. The fraction of sp³-hybridized carbons (Fsp3) is 0.471. The van der Waals surface area contributed by atoms with Gasteiger partial charge in [0.25, 0.3) is 11.1 Å². The fourth-order valence-electron chi connectivity index (χ4n) is 2.24. The first-order valence-electron chi connectivity index (χ1n) is 8.09. The number of rotatable bonds is 9. The highest BCUT2D eigenvalue weighted by Crippen LogP contribution is 2.33. The summed E-state index contributed by atoms with van der Waals surface area (Å²) in [6.45, 7) is 4.10. The normalized spacial score (nSPS) is 10.8. The average Bonchev–Trinajstić information content (AvgIpc) is 3.12. The number of carbonyl (C=O) groups excluding carboxylic acids is 1. The molecule has 7 nitrogen and oxygen atoms in total. The Kier molecular flexibility index (Phi) is 7.12. The summed E-state index contributed by atoms with van der Waals surface area (Å²) >= 11 is 1.21. The number of nitrogens with zero attached hydrogens (tertiary/aromatic N) is 2. The third-order valence-electron chi connectivity index (χ3n) is 3.72. The molecule has 2 rings (SSSR count). The molecule has 0 radical (unpaired) electrons. The molecule has 8 heteroatoms. The molecule has 0 spiro atoms. The quantitative estimate of drug-likeness (QED) is 0.683. The summed E-state index contributed by atoms with van der Waals surface area (Å²) in [5.74, 6) is 1.78. The minimum absolute atomic E-state index is 0.0412. The second kappa shape index (κ2) is 9.31. The molecule has 1 aromatic carbocycles. The van der Waals surface area contributed by atoms with Crippen molar-refractivity contribution in [3.8, 4) is 23.0 Å². The van der Waals surface area contributed by atoms with Crippen LogP contribution in [0.4, 0.5) is 0 Å². The van der Waals surface area contributed by atoms with Gasteiger partial charge in [-0.15, -0.1) is 10.2 Å². The average molecular weight is 365 g/mol. The molecule has 136 valence electrons. The number of thioether (sulfide) groups is 1. The second-order valence-corrected chi connectivity index (χ2v) is 6.24. The molecular weight excluding hydrogens is 342 g/mol. The molecule has 0 saturated heterocycles. The summed E-state index contributed by atoms with van der Waals surface area (Å²) in [5.41, 5.74) is 0.670. The van der Waals surface area contributed by atoms with Crippen LogP contribution in [0.5, 0.6) is 11.5 Å². The zero-order chi connectivity index (χ0) is 18.2. The predicted octanol–water partition coefficient (Wildman–Crippen LogP) is 3.15. The predicted molar refractivity (Wildman–Crippen MR) is 96.1 cm³/mol. The number of hydrogen-bond donors (Lipinski definition) is 1. The van der Waals surface area contributed by atoms with Crippen LogP contribution in [0.15, 0.2) is 27.8 Å². The van der Waals surface area contributed by atoms with Gasteiger partial charge in [0.1, 0.15) is 11.5 Å². The molecule has 1 N–H and O–H groups in total. The lowest BCUT2D eigenvalue weighted by molar-refractivity contribution is -0.119. The molecule has 0 aliphatic rings. The van der Waals surface area contributed by atoms with Gasteiger partial charge in [0.05, 0.1) is 25.5 Å². The maximum absolute atomic E-state index is 11.9. The van der Waals surface area contributed by atoms with Crippen molar-refractivity contribution in [1.29, 1.82) is 0 Å². The van der Waals surface area contributed by atoms with E-state index in [-0.39, 0.29) is 17.7 Å². The molecule has 1 amide bonds. The maximum atomic E-state index is 11.9. The fourth-order valence-corrected chi connectivity index (χ4v) is 2.82. The number of aromatic nitrogens is 2. The highest BCUT2D eigenvalue weighted by atomic mass is 32.2. The van der Waals surface area contributed by atoms with E-state index < -0.39 is 0 Å². The SMILES string of the molecule is CCC(CC)NC(=O)CSc1nnc(-c2ccc(OC)cc2OC)o1. The number of benzene rings is 1. The summed E-state index contributed by atoms with van der Waals surface area (Å²) in [4.78, 5) is 11.9. The van der Waals surface area contributed by atoms with Crippen molar-refractivity contribution >= 4 is 17.7 Å². The molecule has 1 aromatic heterocycles. The molecule has 0 aliphatic heterocycles. The standard InChI is InChI=1S/C17H23N3O4S/c1-5-11(6-2)18-15(21)10-25-17-20-19-16(24-17)13-8-7-12(22-3)9-14(13)23-4/h7-9,11H,5-6,10H2,1-4H3,(H,18,21). The van der Waals surface area contributed by atoms with Crippen molar-refractivity contribution in [2.45, 2.75) is 38.0 Å². The first-order chi connectivity index (χ1) is 12.1. The monoisotopic (exact) mass is 365 g/mol. The summed E-state index contributed by atoms with van der Waals surface area (Å²) in [7, 11) is 3.15. The molecule has 0 bridgehead atoms. The van der Waals surface area contributed by atoms with Crippen LogP contribution in [-0.2, 0) is 4.79 Å². The highest BCUT2D eigenvalue weighted by Gasteiger charge is 2.16. The lowest BCUT2D eigenvalue weighted by Crippen LogP contribution is -2.34. The number of ether oxygens (including phenoxy) is 2. The number of methoxy groups -OCH3 is 2. The van der Waals surface area contributed by atoms with E-state index in [4.69, 9.17) is 13.9 Å². The summed E-state index contributed by atoms with van der Waals surface area (Å²) in [6.07, 6.45) is 1.82. The van der Waals surface area contributed by atoms with Crippen LogP contribution in [0, 0.1) is 0 Å². The number of carbonyl (C=O) groups is 1. The zero-order valence-electron chi connectivity index (χ0n) is 14.9. The van der Waals surface area contributed by atoms with Crippen LogP contribution in [0.2, 0.25) is 0 Å². The minimum Gasteiger partial charge on any atom is -0.497 e. The van der Waals surface area contributed by atoms with Crippen molar-refractivity contribution in [1.82, 2.24) is 15.5 Å². The van der Waals surface area contributed by atoms with E-state index in [1.54, 1.807) is 32.4 Å². The molecule has 2 aromatic rings. The Morgan fingerprint density at radius 2 is 2.00 bits per heavy atom. The summed E-state index contributed by atoms with van der Waals surface area (Å²) in [6, 6.07) is 5.53. The number of nitrogens with one attached hydrogen (secondary N) is 1. The Hall–Kier alpha value is -2.22. The van der Waals surface area contributed by atoms with Crippen LogP contribution >= 0.6 is 11.8 Å². The third-order valence-corrected chi connectivity index (χ3v) is 4.54. The number of amides is 1. The molecule has 0 aliphatic carbocycles. The summed E-state index contributed by atoms with van der Waals surface area (Å²) in [5, 5.41) is 11.3. The van der Waals surface area contributed by atoms with Crippen molar-refractivity contribution in [3.63, 3.8) is 0 Å². The van der Waals surface area contributed by atoms with Crippen LogP contribution in [-0.4, -0.2) is 42.1 Å². The van der Waals surface area contributed by atoms with Crippen LogP contribution in [0.3, 0.4) is 0 Å². The highest BCUT2D eigenvalue weighted by molar-refractivity contribution is 7.99. The Bertz CT molecular complexity index is 701. The van der Waals surface area contributed by atoms with Crippen molar-refractivity contribution in [2.24, 2.45) is 0 Å². The van der Waals surface area contributed by atoms with Gasteiger partial charge in [-0.2, -0.15) is 0 Å².